The van der Waals surface area contributed by atoms with Gasteiger partial charge in [-0.1, -0.05) is 70.7 Å². The smallest absolute Gasteiger partial charge is 0.252 e. The van der Waals surface area contributed by atoms with Gasteiger partial charge < -0.3 is 49.6 Å². The lowest BCUT2D eigenvalue weighted by Gasteiger charge is -2.33. The number of hydrogen-bond acceptors (Lipinski definition) is 14. The lowest BCUT2D eigenvalue weighted by atomic mass is 9.85. The summed E-state index contributed by atoms with van der Waals surface area (Å²) in [5, 5.41) is 27.3. The number of ether oxygens (including phenoxy) is 4. The number of fused-ring (bicyclic) bond motifs is 2. The zero-order valence-corrected chi connectivity index (χ0v) is 44.4. The quantitative estimate of drug-likeness (QED) is 0.0468. The second-order valence-corrected chi connectivity index (χ2v) is 22.5. The highest BCUT2D eigenvalue weighted by molar-refractivity contribution is 7.89. The number of halogens is 4. The van der Waals surface area contributed by atoms with Gasteiger partial charge in [-0.3, -0.25) is 9.59 Å². The van der Waals surface area contributed by atoms with Gasteiger partial charge in [0, 0.05) is 84.3 Å². The van der Waals surface area contributed by atoms with E-state index >= 15 is 0 Å². The molecule has 4 aromatic carbocycles. The number of benzene rings is 4. The molecule has 4 atom stereocenters. The zero-order chi connectivity index (χ0) is 52.0. The largest absolute Gasteiger partial charge is 0.380 e. The molecule has 2 heterocycles. The molecule has 0 saturated heterocycles. The number of aliphatic hydroxyl groups excluding tert-OH is 2. The highest BCUT2D eigenvalue weighted by Gasteiger charge is 2.31. The third-order valence-corrected chi connectivity index (χ3v) is 15.9. The molecule has 0 saturated carbocycles. The van der Waals surface area contributed by atoms with Gasteiger partial charge in [0.2, 0.25) is 20.0 Å². The predicted octanol–water partition coefficient (Wildman–Crippen LogP) is 3.73. The molecule has 0 aromatic heterocycles. The molecule has 394 valence electrons. The van der Waals surface area contributed by atoms with Gasteiger partial charge in [-0.05, 0) is 96.0 Å². The van der Waals surface area contributed by atoms with Crippen LogP contribution in [0.4, 0.5) is 0 Å². The molecule has 0 aliphatic carbocycles. The van der Waals surface area contributed by atoms with Crippen LogP contribution in [0.3, 0.4) is 0 Å². The summed E-state index contributed by atoms with van der Waals surface area (Å²) in [4.78, 5) is 29.1. The first-order valence-corrected chi connectivity index (χ1v) is 27.6. The van der Waals surface area contributed by atoms with Gasteiger partial charge in [-0.15, -0.1) is 0 Å². The van der Waals surface area contributed by atoms with Crippen LogP contribution in [0.2, 0.25) is 20.1 Å². The van der Waals surface area contributed by atoms with Crippen molar-refractivity contribution < 1.29 is 55.6 Å². The second-order valence-electron chi connectivity index (χ2n) is 17.3. The lowest BCUT2D eigenvalue weighted by molar-refractivity contribution is -0.146. The van der Waals surface area contributed by atoms with Gasteiger partial charge in [0.15, 0.2) is 12.2 Å². The average molecular weight is 1120 g/mol. The molecule has 0 radical (unpaired) electrons. The van der Waals surface area contributed by atoms with Crippen molar-refractivity contribution in [3.8, 4) is 0 Å². The van der Waals surface area contributed by atoms with Crippen LogP contribution in [0.15, 0.2) is 82.6 Å². The fourth-order valence-corrected chi connectivity index (χ4v) is 11.6. The van der Waals surface area contributed by atoms with E-state index in [2.05, 4.69) is 29.9 Å². The molecular formula is C48H60Cl4N6O12S2. The van der Waals surface area contributed by atoms with Crippen molar-refractivity contribution in [3.63, 3.8) is 0 Å². The Morgan fingerprint density at radius 3 is 1.31 bits per heavy atom. The molecule has 2 aliphatic rings. The summed E-state index contributed by atoms with van der Waals surface area (Å²) in [5.41, 5.74) is 5.50. The summed E-state index contributed by atoms with van der Waals surface area (Å²) in [6, 6.07) is 20.7. The average Bonchev–Trinajstić information content (AvgIpc) is 3.34. The molecule has 6 rings (SSSR count). The Morgan fingerprint density at radius 2 is 0.931 bits per heavy atom. The fourth-order valence-electron chi connectivity index (χ4n) is 8.35. The van der Waals surface area contributed by atoms with Gasteiger partial charge in [0.05, 0.1) is 62.6 Å². The molecule has 2 amide bonds. The Kier molecular flexibility index (Phi) is 21.9. The van der Waals surface area contributed by atoms with Crippen LogP contribution in [0.1, 0.15) is 45.2 Å². The molecule has 72 heavy (non-hydrogen) atoms. The Balaban J connectivity index is 0.770. The summed E-state index contributed by atoms with van der Waals surface area (Å²) in [5.74, 6) is -2.23. The number of nitrogens with one attached hydrogen (secondary N) is 4. The van der Waals surface area contributed by atoms with Crippen LogP contribution in [-0.4, -0.2) is 167 Å². The standard InChI is InChI=1S/C48H60Cl4N6O12S2/c1-57-27-39(37-23-33(49)25-43(51)41(37)29-57)31-5-3-7-35(21-31)71(63,64)55-11-15-69-19-17-67-13-9-53-47(61)45(59)46(60)48(62)54-10-14-68-18-20-70-16-12-56-72(65,66)36-8-4-6-32(22-36)40-28-58(2)30-42-38(40)24-34(50)26-44(42)52/h3-8,21-26,39-40,45-46,55-56,59-60H,9-20,27-30H2,1-2H3,(H,53,61)(H,54,62). The normalized spacial score (nSPS) is 17.2. The third-order valence-electron chi connectivity index (χ3n) is 11.9. The fraction of sp³-hybridized carbons (Fsp3) is 0.458. The van der Waals surface area contributed by atoms with E-state index in [1.165, 1.54) is 12.1 Å². The van der Waals surface area contributed by atoms with E-state index in [4.69, 9.17) is 65.4 Å². The first kappa shape index (κ1) is 57.8. The highest BCUT2D eigenvalue weighted by Crippen LogP contribution is 2.40. The van der Waals surface area contributed by atoms with Gasteiger partial charge >= 0.3 is 0 Å². The van der Waals surface area contributed by atoms with Crippen molar-refractivity contribution in [2.75, 3.05) is 106 Å². The molecule has 2 aliphatic heterocycles. The van der Waals surface area contributed by atoms with E-state index in [1.54, 1.807) is 36.4 Å². The van der Waals surface area contributed by atoms with Crippen molar-refractivity contribution in [1.29, 1.82) is 0 Å². The van der Waals surface area contributed by atoms with E-state index in [-0.39, 0.29) is 101 Å². The number of carbonyl (C=O) groups excluding carboxylic acids is 2. The maximum absolute atomic E-state index is 13.1. The Labute approximate surface area is 440 Å². The first-order chi connectivity index (χ1) is 34.3. The summed E-state index contributed by atoms with van der Waals surface area (Å²) in [7, 11) is -3.74. The number of aliphatic hydroxyl groups is 2. The number of likely N-dealkylation sites (N-methyl/N-ethyl adjacent to an activating group) is 2. The van der Waals surface area contributed by atoms with Crippen molar-refractivity contribution in [2.24, 2.45) is 0 Å². The maximum Gasteiger partial charge on any atom is 0.252 e. The number of hydrogen-bond donors (Lipinski definition) is 6. The number of carbonyl (C=O) groups is 2. The van der Waals surface area contributed by atoms with Crippen LogP contribution >= 0.6 is 46.4 Å². The van der Waals surface area contributed by atoms with Gasteiger partial charge in [0.1, 0.15) is 0 Å². The first-order valence-electron chi connectivity index (χ1n) is 23.1. The minimum Gasteiger partial charge on any atom is -0.380 e. The topological polar surface area (TPSA) is 234 Å². The summed E-state index contributed by atoms with van der Waals surface area (Å²) >= 11 is 25.7. The van der Waals surface area contributed by atoms with E-state index in [1.807, 2.05) is 38.4 Å². The predicted molar refractivity (Wildman–Crippen MR) is 274 cm³/mol. The summed E-state index contributed by atoms with van der Waals surface area (Å²) in [6.07, 6.45) is -4.09. The SMILES string of the molecule is CN1Cc2c(Cl)cc(Cl)cc2C(c2cccc(S(=O)(=O)NCCOCCOCCNC(=O)C(O)C(O)C(=O)NCCOCCOCCNS(=O)(=O)c3cccc(C4CN(C)Cc5c(Cl)cc(Cl)cc54)c3)c2)C1. The second kappa shape index (κ2) is 27.3. The van der Waals surface area contributed by atoms with E-state index in [9.17, 15) is 36.6 Å². The molecule has 4 unspecified atom stereocenters. The minimum absolute atomic E-state index is 0.0108. The monoisotopic (exact) mass is 1120 g/mol. The zero-order valence-electron chi connectivity index (χ0n) is 39.8. The number of amides is 2. The number of nitrogens with zero attached hydrogens (tertiary/aromatic N) is 2. The lowest BCUT2D eigenvalue weighted by Crippen LogP contribution is -2.50. The Morgan fingerprint density at radius 1 is 0.569 bits per heavy atom. The molecular weight excluding hydrogens is 1060 g/mol. The van der Waals surface area contributed by atoms with Gasteiger partial charge in [-0.25, -0.2) is 26.3 Å². The number of rotatable bonds is 27. The third kappa shape index (κ3) is 16.2. The molecule has 24 heteroatoms. The maximum atomic E-state index is 13.1. The molecule has 0 bridgehead atoms. The van der Waals surface area contributed by atoms with Gasteiger partial charge in [0.25, 0.3) is 11.8 Å². The van der Waals surface area contributed by atoms with E-state index < -0.39 is 44.1 Å². The number of sulfonamides is 2. The van der Waals surface area contributed by atoms with Crippen molar-refractivity contribution >= 4 is 78.3 Å². The Hall–Kier alpha value is -3.52. The van der Waals surface area contributed by atoms with Crippen LogP contribution in [0.5, 0.6) is 0 Å². The summed E-state index contributed by atoms with van der Waals surface area (Å²) in [6.45, 7) is 3.29. The summed E-state index contributed by atoms with van der Waals surface area (Å²) < 4.78 is 79.4. The Bertz CT molecular complexity index is 2540. The molecule has 0 spiro atoms. The highest BCUT2D eigenvalue weighted by atomic mass is 35.5. The van der Waals surface area contributed by atoms with Crippen molar-refractivity contribution in [3.05, 3.63) is 126 Å². The van der Waals surface area contributed by atoms with E-state index in [0.29, 0.717) is 46.3 Å². The van der Waals surface area contributed by atoms with Gasteiger partial charge in [-0.2, -0.15) is 0 Å². The molecule has 0 fully saturated rings. The van der Waals surface area contributed by atoms with Crippen LogP contribution in [-0.2, 0) is 61.7 Å². The van der Waals surface area contributed by atoms with Crippen molar-refractivity contribution in [2.45, 2.75) is 46.9 Å². The molecule has 6 N–H and O–H groups in total. The van der Waals surface area contributed by atoms with E-state index in [0.717, 1.165) is 33.4 Å². The molecule has 18 nitrogen and oxygen atoms in total. The molecule has 4 aromatic rings. The van der Waals surface area contributed by atoms with Crippen molar-refractivity contribution in [1.82, 2.24) is 29.9 Å². The van der Waals surface area contributed by atoms with Crippen LogP contribution < -0.4 is 20.1 Å². The minimum atomic E-state index is -3.85. The van der Waals surface area contributed by atoms with Crippen LogP contribution in [0.25, 0.3) is 0 Å². The van der Waals surface area contributed by atoms with Crippen LogP contribution in [0, 0.1) is 0 Å².